The minimum atomic E-state index is -1.02. The molecule has 0 aliphatic heterocycles. The maximum atomic E-state index is 10.5. The van der Waals surface area contributed by atoms with Crippen LogP contribution in [-0.2, 0) is 11.2 Å². The SMILES string of the molecule is N[C@@H](Cc1ccc(Cl)c(NS)c1)C(=O)O. The molecule has 4 nitrogen and oxygen atoms in total. The van der Waals surface area contributed by atoms with E-state index >= 15 is 0 Å². The van der Waals surface area contributed by atoms with Gasteiger partial charge in [-0.3, -0.25) is 4.79 Å². The van der Waals surface area contributed by atoms with Crippen molar-refractivity contribution in [2.24, 2.45) is 5.73 Å². The van der Waals surface area contributed by atoms with Gasteiger partial charge in [0.25, 0.3) is 0 Å². The van der Waals surface area contributed by atoms with E-state index < -0.39 is 12.0 Å². The fourth-order valence-corrected chi connectivity index (χ4v) is 1.54. The molecule has 1 aromatic carbocycles. The number of aliphatic carboxylic acids is 1. The first-order chi connectivity index (χ1) is 7.04. The van der Waals surface area contributed by atoms with Crippen molar-refractivity contribution in [3.8, 4) is 0 Å². The zero-order valence-corrected chi connectivity index (χ0v) is 9.42. The first kappa shape index (κ1) is 12.2. The van der Waals surface area contributed by atoms with Crippen LogP contribution >= 0.6 is 24.4 Å². The summed E-state index contributed by atoms with van der Waals surface area (Å²) in [6.45, 7) is 0. The maximum absolute atomic E-state index is 10.5. The number of anilines is 1. The minimum Gasteiger partial charge on any atom is -0.480 e. The fraction of sp³-hybridized carbons (Fsp3) is 0.222. The highest BCUT2D eigenvalue weighted by Crippen LogP contribution is 2.23. The molecule has 6 heteroatoms. The summed E-state index contributed by atoms with van der Waals surface area (Å²) in [5.74, 6) is -1.02. The largest absolute Gasteiger partial charge is 0.480 e. The van der Waals surface area contributed by atoms with Crippen LogP contribution in [-0.4, -0.2) is 17.1 Å². The smallest absolute Gasteiger partial charge is 0.320 e. The number of hydrogen-bond donors (Lipinski definition) is 4. The lowest BCUT2D eigenvalue weighted by Gasteiger charge is -2.09. The highest BCUT2D eigenvalue weighted by molar-refractivity contribution is 7.81. The van der Waals surface area contributed by atoms with Gasteiger partial charge in [0.15, 0.2) is 0 Å². The number of hydrogen-bond acceptors (Lipinski definition) is 4. The summed E-state index contributed by atoms with van der Waals surface area (Å²) < 4.78 is 2.61. The molecule has 1 aromatic rings. The zero-order valence-electron chi connectivity index (χ0n) is 7.77. The van der Waals surface area contributed by atoms with Gasteiger partial charge in [0, 0.05) is 0 Å². The van der Waals surface area contributed by atoms with Crippen LogP contribution in [0.3, 0.4) is 0 Å². The summed E-state index contributed by atoms with van der Waals surface area (Å²) in [4.78, 5) is 10.5. The van der Waals surface area contributed by atoms with E-state index in [1.165, 1.54) is 0 Å². The molecule has 0 aromatic heterocycles. The molecule has 0 radical (unpaired) electrons. The Morgan fingerprint density at radius 1 is 1.67 bits per heavy atom. The minimum absolute atomic E-state index is 0.259. The van der Waals surface area contributed by atoms with Crippen molar-refractivity contribution in [1.82, 2.24) is 0 Å². The van der Waals surface area contributed by atoms with Crippen molar-refractivity contribution in [1.29, 1.82) is 0 Å². The van der Waals surface area contributed by atoms with Crippen molar-refractivity contribution in [3.63, 3.8) is 0 Å². The summed E-state index contributed by atoms with van der Waals surface area (Å²) >= 11 is 9.71. The second-order valence-electron chi connectivity index (χ2n) is 3.07. The third kappa shape index (κ3) is 3.30. The van der Waals surface area contributed by atoms with Gasteiger partial charge in [-0.1, -0.05) is 30.5 Å². The Labute approximate surface area is 98.0 Å². The number of halogens is 1. The average molecular weight is 247 g/mol. The fourth-order valence-electron chi connectivity index (χ4n) is 1.13. The third-order valence-electron chi connectivity index (χ3n) is 1.92. The van der Waals surface area contributed by atoms with Crippen LogP contribution in [0.1, 0.15) is 5.56 Å². The standard InChI is InChI=1S/C9H11ClN2O2S/c10-6-2-1-5(4-8(6)12-15)3-7(11)9(13)14/h1-2,4,7,12,15H,3,11H2,(H,13,14)/t7-/m0/s1. The zero-order chi connectivity index (χ0) is 11.4. The van der Waals surface area contributed by atoms with Crippen molar-refractivity contribution >= 4 is 36.1 Å². The van der Waals surface area contributed by atoms with Gasteiger partial charge in [0.05, 0.1) is 10.7 Å². The molecule has 82 valence electrons. The van der Waals surface area contributed by atoms with Gasteiger partial charge >= 0.3 is 5.97 Å². The van der Waals surface area contributed by atoms with Crippen LogP contribution < -0.4 is 10.5 Å². The van der Waals surface area contributed by atoms with E-state index in [-0.39, 0.29) is 6.42 Å². The molecule has 0 fully saturated rings. The lowest BCUT2D eigenvalue weighted by Crippen LogP contribution is -2.32. The summed E-state index contributed by atoms with van der Waals surface area (Å²) in [6.07, 6.45) is 0.259. The monoisotopic (exact) mass is 246 g/mol. The van der Waals surface area contributed by atoms with E-state index in [2.05, 4.69) is 17.5 Å². The molecule has 0 saturated carbocycles. The Bertz CT molecular complexity index is 373. The predicted octanol–water partition coefficient (Wildman–Crippen LogP) is 1.55. The molecular formula is C9H11ClN2O2S. The van der Waals surface area contributed by atoms with Gasteiger partial charge in [-0.05, 0) is 24.1 Å². The molecule has 0 saturated heterocycles. The number of carbonyl (C=O) groups is 1. The summed E-state index contributed by atoms with van der Waals surface area (Å²) in [5, 5.41) is 9.17. The van der Waals surface area contributed by atoms with Crippen molar-refractivity contribution in [3.05, 3.63) is 28.8 Å². The van der Waals surface area contributed by atoms with Crippen LogP contribution in [0.5, 0.6) is 0 Å². The normalized spacial score (nSPS) is 12.2. The number of thiol groups is 1. The van der Waals surface area contributed by atoms with Crippen LogP contribution in [0.4, 0.5) is 5.69 Å². The number of carboxylic acid groups (broad SMARTS) is 1. The molecule has 0 spiro atoms. The maximum Gasteiger partial charge on any atom is 0.320 e. The Hall–Kier alpha value is -0.910. The first-order valence-corrected chi connectivity index (χ1v) is 5.04. The second-order valence-corrected chi connectivity index (χ2v) is 3.71. The van der Waals surface area contributed by atoms with E-state index in [0.29, 0.717) is 10.7 Å². The lowest BCUT2D eigenvalue weighted by molar-refractivity contribution is -0.138. The molecule has 0 amide bonds. The van der Waals surface area contributed by atoms with Crippen LogP contribution in [0, 0.1) is 0 Å². The Balaban J connectivity index is 2.83. The molecule has 0 aliphatic rings. The summed E-state index contributed by atoms with van der Waals surface area (Å²) in [5.41, 5.74) is 6.84. The van der Waals surface area contributed by atoms with E-state index in [0.717, 1.165) is 5.56 Å². The van der Waals surface area contributed by atoms with E-state index in [1.807, 2.05) is 0 Å². The highest BCUT2D eigenvalue weighted by Gasteiger charge is 2.12. The van der Waals surface area contributed by atoms with Gasteiger partial charge in [-0.2, -0.15) is 0 Å². The van der Waals surface area contributed by atoms with Crippen LogP contribution in [0.25, 0.3) is 0 Å². The lowest BCUT2D eigenvalue weighted by atomic mass is 10.1. The second kappa shape index (κ2) is 5.25. The number of rotatable bonds is 4. The average Bonchev–Trinajstić information content (AvgIpc) is 2.20. The Kier molecular flexibility index (Phi) is 4.26. The predicted molar refractivity (Wildman–Crippen MR) is 63.4 cm³/mol. The van der Waals surface area contributed by atoms with E-state index in [4.69, 9.17) is 22.4 Å². The van der Waals surface area contributed by atoms with Crippen LogP contribution in [0.2, 0.25) is 5.02 Å². The van der Waals surface area contributed by atoms with Gasteiger partial charge in [-0.25, -0.2) is 0 Å². The number of benzene rings is 1. The number of nitrogens with one attached hydrogen (secondary N) is 1. The van der Waals surface area contributed by atoms with Gasteiger partial charge < -0.3 is 15.6 Å². The quantitative estimate of drug-likeness (QED) is 0.608. The van der Waals surface area contributed by atoms with Crippen LogP contribution in [0.15, 0.2) is 18.2 Å². The summed E-state index contributed by atoms with van der Waals surface area (Å²) in [7, 11) is 0. The first-order valence-electron chi connectivity index (χ1n) is 4.21. The van der Waals surface area contributed by atoms with Gasteiger partial charge in [-0.15, -0.1) is 0 Å². The molecule has 4 N–H and O–H groups in total. The molecule has 0 bridgehead atoms. The molecule has 1 atom stereocenters. The van der Waals surface area contributed by atoms with Crippen molar-refractivity contribution in [2.45, 2.75) is 12.5 Å². The third-order valence-corrected chi connectivity index (χ3v) is 2.49. The molecule has 0 unspecified atom stereocenters. The van der Waals surface area contributed by atoms with E-state index in [9.17, 15) is 4.79 Å². The Morgan fingerprint density at radius 3 is 2.87 bits per heavy atom. The molecule has 15 heavy (non-hydrogen) atoms. The highest BCUT2D eigenvalue weighted by atomic mass is 35.5. The van der Waals surface area contributed by atoms with Crippen molar-refractivity contribution in [2.75, 3.05) is 4.72 Å². The molecular weight excluding hydrogens is 236 g/mol. The molecule has 1 rings (SSSR count). The van der Waals surface area contributed by atoms with E-state index in [1.54, 1.807) is 18.2 Å². The van der Waals surface area contributed by atoms with Gasteiger partial charge in [0.1, 0.15) is 6.04 Å². The number of nitrogens with two attached hydrogens (primary N) is 1. The number of carboxylic acids is 1. The Morgan fingerprint density at radius 2 is 2.33 bits per heavy atom. The van der Waals surface area contributed by atoms with Crippen molar-refractivity contribution < 1.29 is 9.90 Å². The molecule has 0 heterocycles. The summed E-state index contributed by atoms with van der Waals surface area (Å²) in [6, 6.07) is 4.22. The topological polar surface area (TPSA) is 75.3 Å². The molecule has 0 aliphatic carbocycles. The van der Waals surface area contributed by atoms with Gasteiger partial charge in [0.2, 0.25) is 0 Å².